The lowest BCUT2D eigenvalue weighted by Crippen LogP contribution is -2.34. The molecule has 0 aliphatic carbocycles. The molecule has 1 aromatic rings. The van der Waals surface area contributed by atoms with Crippen molar-refractivity contribution in [1.29, 1.82) is 0 Å². The molecule has 0 fully saturated rings. The topological polar surface area (TPSA) is 88.2 Å². The molecule has 1 aromatic heterocycles. The highest BCUT2D eigenvalue weighted by Gasteiger charge is 2.12. The Morgan fingerprint density at radius 1 is 1.67 bits per heavy atom. The Morgan fingerprint density at radius 2 is 2.33 bits per heavy atom. The second-order valence-corrected chi connectivity index (χ2v) is 2.78. The number of carbonyl (C=O) groups excluding carboxylic acids is 1. The van der Waals surface area contributed by atoms with Gasteiger partial charge in [-0.3, -0.25) is 4.79 Å². The monoisotopic (exact) mass is 217 g/mol. The molecule has 0 saturated carbocycles. The third-order valence-electron chi connectivity index (χ3n) is 1.60. The largest absolute Gasteiger partial charge is 0.381 e. The van der Waals surface area contributed by atoms with Crippen LogP contribution in [-0.4, -0.2) is 28.6 Å². The van der Waals surface area contributed by atoms with Gasteiger partial charge in [0.15, 0.2) is 11.6 Å². The molecule has 4 N–H and O–H groups in total. The molecule has 7 heteroatoms. The molecule has 0 bridgehead atoms. The summed E-state index contributed by atoms with van der Waals surface area (Å²) in [6.07, 6.45) is -0.640. The van der Waals surface area contributed by atoms with E-state index in [0.717, 1.165) is 6.20 Å². The first-order valence-corrected chi connectivity index (χ1v) is 4.03. The summed E-state index contributed by atoms with van der Waals surface area (Å²) in [5.74, 6) is -2.91. The number of anilines is 1. The van der Waals surface area contributed by atoms with Crippen molar-refractivity contribution >= 4 is 11.7 Å². The lowest BCUT2D eigenvalue weighted by atomic mass is 10.3. The number of aliphatic hydroxyl groups excluding tert-OH is 1. The molecule has 82 valence electrons. The normalized spacial score (nSPS) is 12.2. The van der Waals surface area contributed by atoms with Crippen LogP contribution in [-0.2, 0) is 4.79 Å². The number of aromatic nitrogens is 1. The lowest BCUT2D eigenvalue weighted by Gasteiger charge is -2.09. The van der Waals surface area contributed by atoms with Gasteiger partial charge in [0, 0.05) is 6.07 Å². The Morgan fingerprint density at radius 3 is 2.87 bits per heavy atom. The Labute approximate surface area is 83.9 Å². The summed E-state index contributed by atoms with van der Waals surface area (Å²) in [6.45, 7) is -0.287. The van der Waals surface area contributed by atoms with Gasteiger partial charge in [0.2, 0.25) is 5.91 Å². The minimum absolute atomic E-state index is 0.253. The van der Waals surface area contributed by atoms with E-state index >= 15 is 0 Å². The average Bonchev–Trinajstić information content (AvgIpc) is 2.15. The van der Waals surface area contributed by atoms with E-state index in [4.69, 9.17) is 10.8 Å². The summed E-state index contributed by atoms with van der Waals surface area (Å²) in [6, 6.07) is 0.631. The maximum atomic E-state index is 12.9. The minimum atomic E-state index is -1.45. The van der Waals surface area contributed by atoms with E-state index in [1.165, 1.54) is 0 Å². The number of nitrogens with zero attached hydrogens (tertiary/aromatic N) is 1. The van der Waals surface area contributed by atoms with E-state index in [2.05, 4.69) is 10.3 Å². The maximum absolute atomic E-state index is 12.9. The average molecular weight is 217 g/mol. The molecule has 1 unspecified atom stereocenters. The van der Waals surface area contributed by atoms with Gasteiger partial charge in [-0.05, 0) is 0 Å². The van der Waals surface area contributed by atoms with Crippen LogP contribution in [0.5, 0.6) is 0 Å². The number of amides is 1. The van der Waals surface area contributed by atoms with Crippen molar-refractivity contribution in [2.75, 3.05) is 11.9 Å². The molecule has 1 amide bonds. The molecular weight excluding hydrogens is 208 g/mol. The number of halogens is 2. The van der Waals surface area contributed by atoms with Crippen LogP contribution in [0.2, 0.25) is 0 Å². The molecule has 0 radical (unpaired) electrons. The van der Waals surface area contributed by atoms with Crippen molar-refractivity contribution in [3.63, 3.8) is 0 Å². The van der Waals surface area contributed by atoms with Gasteiger partial charge in [-0.1, -0.05) is 0 Å². The van der Waals surface area contributed by atoms with E-state index in [0.29, 0.717) is 6.07 Å². The lowest BCUT2D eigenvalue weighted by molar-refractivity contribution is -0.125. The van der Waals surface area contributed by atoms with Gasteiger partial charge in [-0.15, -0.1) is 0 Å². The number of hydrogen-bond acceptors (Lipinski definition) is 4. The molecule has 1 atom stereocenters. The first-order chi connectivity index (χ1) is 7.00. The quantitative estimate of drug-likeness (QED) is 0.641. The second-order valence-electron chi connectivity index (χ2n) is 2.78. The van der Waals surface area contributed by atoms with Crippen LogP contribution >= 0.6 is 0 Å². The van der Waals surface area contributed by atoms with E-state index in [-0.39, 0.29) is 12.4 Å². The summed E-state index contributed by atoms with van der Waals surface area (Å²) < 4.78 is 25.4. The number of nitrogens with one attached hydrogen (secondary N) is 1. The highest BCUT2D eigenvalue weighted by molar-refractivity contribution is 5.79. The number of aliphatic hydroxyl groups is 1. The molecule has 0 spiro atoms. The predicted octanol–water partition coefficient (Wildman–Crippen LogP) is -0.382. The van der Waals surface area contributed by atoms with E-state index < -0.39 is 23.6 Å². The van der Waals surface area contributed by atoms with Crippen molar-refractivity contribution in [2.45, 2.75) is 6.10 Å². The molecule has 0 aliphatic heterocycles. The zero-order valence-electron chi connectivity index (χ0n) is 7.58. The number of hydrogen-bond donors (Lipinski definition) is 3. The van der Waals surface area contributed by atoms with Crippen molar-refractivity contribution in [3.05, 3.63) is 23.9 Å². The third kappa shape index (κ3) is 3.13. The summed E-state index contributed by atoms with van der Waals surface area (Å²) in [4.78, 5) is 13.8. The molecule has 1 rings (SSSR count). The van der Waals surface area contributed by atoms with Gasteiger partial charge < -0.3 is 16.2 Å². The van der Waals surface area contributed by atoms with Crippen LogP contribution in [0.25, 0.3) is 0 Å². The maximum Gasteiger partial charge on any atom is 0.248 e. The van der Waals surface area contributed by atoms with E-state index in [1.54, 1.807) is 0 Å². The zero-order chi connectivity index (χ0) is 11.4. The Kier molecular flexibility index (Phi) is 3.51. The highest BCUT2D eigenvalue weighted by atomic mass is 19.1. The van der Waals surface area contributed by atoms with Crippen molar-refractivity contribution < 1.29 is 18.7 Å². The Balaban J connectivity index is 2.62. The number of carbonyl (C=O) groups is 1. The van der Waals surface area contributed by atoms with Gasteiger partial charge in [-0.2, -0.15) is 0 Å². The summed E-state index contributed by atoms with van der Waals surface area (Å²) in [5.41, 5.74) is 4.76. The first kappa shape index (κ1) is 11.3. The fraction of sp³-hybridized carbons (Fsp3) is 0.250. The molecule has 0 saturated heterocycles. The predicted molar refractivity (Wildman–Crippen MR) is 47.8 cm³/mol. The van der Waals surface area contributed by atoms with Gasteiger partial charge >= 0.3 is 0 Å². The Hall–Kier alpha value is -1.76. The van der Waals surface area contributed by atoms with Crippen LogP contribution in [0.3, 0.4) is 0 Å². The van der Waals surface area contributed by atoms with E-state index in [9.17, 15) is 13.6 Å². The number of pyridine rings is 1. The smallest absolute Gasteiger partial charge is 0.248 e. The van der Waals surface area contributed by atoms with Crippen LogP contribution in [0.15, 0.2) is 12.3 Å². The molecular formula is C8H9F2N3O2. The number of rotatable bonds is 4. The molecule has 0 aliphatic rings. The minimum Gasteiger partial charge on any atom is -0.381 e. The fourth-order valence-electron chi connectivity index (χ4n) is 0.839. The van der Waals surface area contributed by atoms with Crippen LogP contribution in [0, 0.1) is 11.6 Å². The number of nitrogens with two attached hydrogens (primary N) is 1. The summed E-state index contributed by atoms with van der Waals surface area (Å²) in [7, 11) is 0. The van der Waals surface area contributed by atoms with Crippen molar-refractivity contribution in [1.82, 2.24) is 4.98 Å². The zero-order valence-corrected chi connectivity index (χ0v) is 7.58. The van der Waals surface area contributed by atoms with E-state index in [1.807, 2.05) is 0 Å². The third-order valence-corrected chi connectivity index (χ3v) is 1.60. The number of primary amides is 1. The fourth-order valence-corrected chi connectivity index (χ4v) is 0.839. The molecule has 1 heterocycles. The molecule has 5 nitrogen and oxygen atoms in total. The van der Waals surface area contributed by atoms with Gasteiger partial charge in [0.1, 0.15) is 11.9 Å². The van der Waals surface area contributed by atoms with Crippen LogP contribution < -0.4 is 11.1 Å². The summed E-state index contributed by atoms with van der Waals surface area (Å²) in [5, 5.41) is 11.3. The molecule has 15 heavy (non-hydrogen) atoms. The van der Waals surface area contributed by atoms with Gasteiger partial charge in [-0.25, -0.2) is 13.8 Å². The van der Waals surface area contributed by atoms with Gasteiger partial charge in [0.25, 0.3) is 0 Å². The Bertz CT molecular complexity index is 373. The molecule has 0 aromatic carbocycles. The van der Waals surface area contributed by atoms with Gasteiger partial charge in [0.05, 0.1) is 12.7 Å². The summed E-state index contributed by atoms with van der Waals surface area (Å²) >= 11 is 0. The first-order valence-electron chi connectivity index (χ1n) is 4.03. The highest BCUT2D eigenvalue weighted by Crippen LogP contribution is 2.10. The van der Waals surface area contributed by atoms with Crippen molar-refractivity contribution in [3.8, 4) is 0 Å². The van der Waals surface area contributed by atoms with Crippen LogP contribution in [0.1, 0.15) is 0 Å². The second kappa shape index (κ2) is 4.65. The standard InChI is InChI=1S/C8H9F2N3O2/c9-4-1-5(10)8(12-2-4)13-3-6(14)7(11)15/h1-2,6,14H,3H2,(H2,11,15)(H,12,13). The van der Waals surface area contributed by atoms with Crippen LogP contribution in [0.4, 0.5) is 14.6 Å². The SMILES string of the molecule is NC(=O)C(O)CNc1ncc(F)cc1F. The van der Waals surface area contributed by atoms with Crippen molar-refractivity contribution in [2.24, 2.45) is 5.73 Å².